The van der Waals surface area contributed by atoms with Crippen LogP contribution < -0.4 is 21.5 Å². The fraction of sp³-hybridized carbons (Fsp3) is 0.846. The highest BCUT2D eigenvalue weighted by Gasteiger charge is 2.61. The van der Waals surface area contributed by atoms with Crippen LogP contribution in [0.2, 0.25) is 0 Å². The molecule has 0 spiro atoms. The molecular formula is C39H65N7O6. The van der Waals surface area contributed by atoms with Crippen LogP contribution in [0.1, 0.15) is 124 Å². The summed E-state index contributed by atoms with van der Waals surface area (Å²) in [5.74, 6) is -1.06. The second-order valence-electron chi connectivity index (χ2n) is 17.8. The Kier molecular flexibility index (Phi) is 12.2. The first-order chi connectivity index (χ1) is 24.8. The van der Waals surface area contributed by atoms with Crippen molar-refractivity contribution in [3.63, 3.8) is 0 Å². The van der Waals surface area contributed by atoms with Gasteiger partial charge in [-0.05, 0) is 117 Å². The number of hydrogen-bond acceptors (Lipinski definition) is 9. The summed E-state index contributed by atoms with van der Waals surface area (Å²) in [6, 6.07) is -0.871. The van der Waals surface area contributed by atoms with Crippen molar-refractivity contribution in [2.75, 3.05) is 20.6 Å². The van der Waals surface area contributed by atoms with Gasteiger partial charge in [0.2, 0.25) is 11.8 Å². The normalized spacial score (nSPS) is 37.7. The van der Waals surface area contributed by atoms with Gasteiger partial charge in [0.25, 0.3) is 0 Å². The number of nitrogens with zero attached hydrogens (tertiary/aromatic N) is 3. The summed E-state index contributed by atoms with van der Waals surface area (Å²) in [7, 11) is 4.35. The number of allylic oxidation sites excluding steroid dienone is 1. The summed E-state index contributed by atoms with van der Waals surface area (Å²) < 4.78 is 5.56. The molecule has 5 N–H and O–H groups in total. The number of alkyl carbamates (subject to hydrolysis) is 1. The molecule has 0 aromatic carbocycles. The molecule has 3 amide bonds. The Morgan fingerprint density at radius 2 is 1.56 bits per heavy atom. The molecule has 13 heteroatoms. The molecule has 3 heterocycles. The Hall–Kier alpha value is -2.74. The number of carboxylic acids is 1. The zero-order chi connectivity index (χ0) is 37.2. The highest BCUT2D eigenvalue weighted by molar-refractivity contribution is 5.96. The van der Waals surface area contributed by atoms with Gasteiger partial charge in [-0.25, -0.2) is 20.4 Å². The largest absolute Gasteiger partial charge is 0.479 e. The van der Waals surface area contributed by atoms with E-state index in [1.807, 2.05) is 12.2 Å². The van der Waals surface area contributed by atoms with Crippen molar-refractivity contribution >= 4 is 23.9 Å². The molecule has 6 rings (SSSR count). The Morgan fingerprint density at radius 3 is 2.19 bits per heavy atom. The van der Waals surface area contributed by atoms with E-state index >= 15 is 0 Å². The van der Waals surface area contributed by atoms with Gasteiger partial charge in [-0.3, -0.25) is 9.59 Å². The zero-order valence-electron chi connectivity index (χ0n) is 32.2. The minimum Gasteiger partial charge on any atom is -0.479 e. The van der Waals surface area contributed by atoms with E-state index < -0.39 is 41.2 Å². The first kappa shape index (κ1) is 39.0. The van der Waals surface area contributed by atoms with Gasteiger partial charge in [-0.15, -0.1) is 0 Å². The summed E-state index contributed by atoms with van der Waals surface area (Å²) in [5, 5.41) is 18.1. The maximum Gasteiger partial charge on any atom is 0.408 e. The van der Waals surface area contributed by atoms with Gasteiger partial charge in [0.15, 0.2) is 0 Å². The minimum absolute atomic E-state index is 0.231. The standard InChI is InChI=1S/C39H65N7O6/c1-38(2,3)52-37(51)40-30-17-13-8-6-7-12-16-27-23-39(27,36(49)50)41-34(47)31-22-29(24-45(31)35(30)48)46-42-32(25-14-10-9-11-15-25)33(43-46)26-18-20-28(21-19-26)44(4)5/h12,16,25-33,42-43H,6-11,13-15,17-24H2,1-5H3,(H,40,51)(H,41,47)(H,49,50)/b16-12-/t26?,27-,28?,29+,30-,31+,32?,33?,39+/m1/s1. The lowest BCUT2D eigenvalue weighted by atomic mass is 9.74. The summed E-state index contributed by atoms with van der Waals surface area (Å²) >= 11 is 0. The fourth-order valence-corrected chi connectivity index (χ4v) is 9.71. The van der Waals surface area contributed by atoms with E-state index in [9.17, 15) is 24.3 Å². The van der Waals surface area contributed by atoms with Crippen molar-refractivity contribution in [3.8, 4) is 0 Å². The number of hydrogen-bond donors (Lipinski definition) is 5. The molecule has 5 fully saturated rings. The average molecular weight is 728 g/mol. The molecule has 2 saturated heterocycles. The zero-order valence-corrected chi connectivity index (χ0v) is 32.2. The third-order valence-electron chi connectivity index (χ3n) is 12.8. The molecule has 13 nitrogen and oxygen atoms in total. The van der Waals surface area contributed by atoms with Crippen LogP contribution in [0.5, 0.6) is 0 Å². The van der Waals surface area contributed by atoms with Crippen molar-refractivity contribution in [2.24, 2.45) is 17.8 Å². The van der Waals surface area contributed by atoms with Crippen LogP contribution in [0, 0.1) is 17.8 Å². The number of fused-ring (bicyclic) bond motifs is 2. The van der Waals surface area contributed by atoms with E-state index in [-0.39, 0.29) is 36.5 Å². The molecule has 52 heavy (non-hydrogen) atoms. The maximum atomic E-state index is 14.6. The first-order valence-corrected chi connectivity index (χ1v) is 20.3. The van der Waals surface area contributed by atoms with E-state index in [2.05, 4.69) is 45.6 Å². The van der Waals surface area contributed by atoms with Crippen LogP contribution in [-0.4, -0.2) is 112 Å². The fourth-order valence-electron chi connectivity index (χ4n) is 9.71. The summed E-state index contributed by atoms with van der Waals surface area (Å²) in [6.07, 6.45) is 18.4. The molecule has 3 aliphatic heterocycles. The second-order valence-corrected chi connectivity index (χ2v) is 17.8. The molecule has 2 unspecified atom stereocenters. The average Bonchev–Trinajstić information content (AvgIpc) is 3.40. The third-order valence-corrected chi connectivity index (χ3v) is 12.8. The van der Waals surface area contributed by atoms with E-state index in [1.54, 1.807) is 25.7 Å². The molecule has 7 atom stereocenters. The van der Waals surface area contributed by atoms with E-state index in [4.69, 9.17) is 4.74 Å². The van der Waals surface area contributed by atoms with Crippen LogP contribution in [0.15, 0.2) is 12.2 Å². The summed E-state index contributed by atoms with van der Waals surface area (Å²) in [6.45, 7) is 5.62. The molecule has 6 aliphatic rings. The second kappa shape index (κ2) is 16.3. The monoisotopic (exact) mass is 727 g/mol. The summed E-state index contributed by atoms with van der Waals surface area (Å²) in [4.78, 5) is 58.4. The highest BCUT2D eigenvalue weighted by Crippen LogP contribution is 2.46. The quantitative estimate of drug-likeness (QED) is 0.253. The molecule has 0 aromatic heterocycles. The molecule has 3 saturated carbocycles. The molecule has 0 bridgehead atoms. The van der Waals surface area contributed by atoms with Gasteiger partial charge in [0.05, 0.1) is 6.04 Å². The van der Waals surface area contributed by atoms with Crippen molar-refractivity contribution < 1.29 is 29.0 Å². The highest BCUT2D eigenvalue weighted by atomic mass is 16.6. The molecular weight excluding hydrogens is 662 g/mol. The number of rotatable bonds is 6. The van der Waals surface area contributed by atoms with Gasteiger partial charge in [-0.2, -0.15) is 5.12 Å². The topological polar surface area (TPSA) is 156 Å². The van der Waals surface area contributed by atoms with Gasteiger partial charge >= 0.3 is 12.1 Å². The maximum absolute atomic E-state index is 14.6. The molecule has 3 aliphatic carbocycles. The van der Waals surface area contributed by atoms with Crippen molar-refractivity contribution in [3.05, 3.63) is 12.2 Å². The number of aliphatic carboxylic acids is 1. The molecule has 0 radical (unpaired) electrons. The Balaban J connectivity index is 1.26. The smallest absolute Gasteiger partial charge is 0.408 e. The molecule has 292 valence electrons. The van der Waals surface area contributed by atoms with Gasteiger partial charge < -0.3 is 30.3 Å². The number of nitrogens with one attached hydrogen (secondary N) is 4. The van der Waals surface area contributed by atoms with Crippen LogP contribution >= 0.6 is 0 Å². The number of ether oxygens (including phenoxy) is 1. The predicted molar refractivity (Wildman–Crippen MR) is 198 cm³/mol. The van der Waals surface area contributed by atoms with Crippen LogP contribution in [0.25, 0.3) is 0 Å². The van der Waals surface area contributed by atoms with Crippen molar-refractivity contribution in [2.45, 2.75) is 171 Å². The van der Waals surface area contributed by atoms with Crippen LogP contribution in [0.3, 0.4) is 0 Å². The first-order valence-electron chi connectivity index (χ1n) is 20.3. The number of carbonyl (C=O) groups excluding carboxylic acids is 3. The van der Waals surface area contributed by atoms with E-state index in [0.29, 0.717) is 43.6 Å². The third kappa shape index (κ3) is 8.96. The SMILES string of the molecule is CN(C)C1CCC(C2NN([C@H]3C[C@H]4C(=O)N[C@@]5(C(=O)O)C[C@H]5/C=C\CCCCC[C@@H](NC(=O)OC(C)(C)C)C(=O)N4C3)NC2C2CCCCC2)CC1. The van der Waals surface area contributed by atoms with Crippen molar-refractivity contribution in [1.82, 2.24) is 36.4 Å². The lowest BCUT2D eigenvalue weighted by Gasteiger charge is -2.38. The summed E-state index contributed by atoms with van der Waals surface area (Å²) in [5.41, 5.74) is 5.66. The van der Waals surface area contributed by atoms with Gasteiger partial charge in [0.1, 0.15) is 23.2 Å². The van der Waals surface area contributed by atoms with Gasteiger partial charge in [0, 0.05) is 30.6 Å². The molecule has 0 aromatic rings. The van der Waals surface area contributed by atoms with E-state index in [0.717, 1.165) is 32.1 Å². The van der Waals surface area contributed by atoms with Gasteiger partial charge in [-0.1, -0.05) is 44.3 Å². The predicted octanol–water partition coefficient (Wildman–Crippen LogP) is 4.09. The number of carbonyl (C=O) groups is 4. The van der Waals surface area contributed by atoms with E-state index in [1.165, 1.54) is 44.9 Å². The lowest BCUT2D eigenvalue weighted by Crippen LogP contribution is -2.56. The number of amides is 3. The van der Waals surface area contributed by atoms with Crippen LogP contribution in [-0.2, 0) is 19.1 Å². The van der Waals surface area contributed by atoms with Crippen molar-refractivity contribution in [1.29, 1.82) is 0 Å². The minimum atomic E-state index is -1.37. The Morgan fingerprint density at radius 1 is 0.923 bits per heavy atom. The Bertz CT molecular complexity index is 1320. The Labute approximate surface area is 310 Å². The number of carboxylic acid groups (broad SMARTS) is 1. The van der Waals surface area contributed by atoms with Crippen LogP contribution in [0.4, 0.5) is 4.79 Å². The number of hydrazine groups is 2. The lowest BCUT2D eigenvalue weighted by molar-refractivity contribution is -0.145.